The van der Waals surface area contributed by atoms with Gasteiger partial charge in [-0.1, -0.05) is 42.3 Å². The van der Waals surface area contributed by atoms with E-state index in [0.717, 1.165) is 53.6 Å². The van der Waals surface area contributed by atoms with Crippen molar-refractivity contribution in [3.63, 3.8) is 0 Å². The number of benzene rings is 2. The zero-order chi connectivity index (χ0) is 25.1. The van der Waals surface area contributed by atoms with Crippen molar-refractivity contribution >= 4 is 40.3 Å². The molecule has 0 spiro atoms. The van der Waals surface area contributed by atoms with Crippen molar-refractivity contribution in [2.75, 3.05) is 18.0 Å². The van der Waals surface area contributed by atoms with E-state index in [0.29, 0.717) is 30.0 Å². The van der Waals surface area contributed by atoms with Crippen molar-refractivity contribution in [1.29, 1.82) is 0 Å². The van der Waals surface area contributed by atoms with Crippen molar-refractivity contribution < 1.29 is 9.53 Å². The summed E-state index contributed by atoms with van der Waals surface area (Å²) in [5, 5.41) is 1.34. The molecule has 186 valence electrons. The zero-order valence-electron chi connectivity index (χ0n) is 20.3. The maximum Gasteiger partial charge on any atom is 0.181 e. The number of nitrogens with zero attached hydrogens (tertiary/aromatic N) is 3. The molecule has 0 bridgehead atoms. The van der Waals surface area contributed by atoms with Crippen LogP contribution in [-0.4, -0.2) is 34.4 Å². The van der Waals surface area contributed by atoms with Gasteiger partial charge in [0, 0.05) is 60.3 Å². The fourth-order valence-electron chi connectivity index (χ4n) is 4.80. The Bertz CT molecular complexity index is 1340. The molecule has 4 aromatic rings. The average Bonchev–Trinajstić information content (AvgIpc) is 3.27. The lowest BCUT2D eigenvalue weighted by Gasteiger charge is -2.33. The fraction of sp³-hybridized carbons (Fsp3) is 0.310. The third-order valence-corrected chi connectivity index (χ3v) is 7.25. The molecule has 36 heavy (non-hydrogen) atoms. The van der Waals surface area contributed by atoms with Crippen molar-refractivity contribution in [3.05, 3.63) is 93.9 Å². The van der Waals surface area contributed by atoms with E-state index in [1.165, 1.54) is 5.69 Å². The number of aromatic nitrogens is 2. The second-order valence-electron chi connectivity index (χ2n) is 9.18. The number of halogens is 2. The molecule has 1 aliphatic rings. The molecule has 0 N–H and O–H groups in total. The fourth-order valence-corrected chi connectivity index (χ4v) is 5.08. The lowest BCUT2D eigenvalue weighted by Crippen LogP contribution is -2.38. The van der Waals surface area contributed by atoms with Gasteiger partial charge in [0.25, 0.3) is 0 Å². The zero-order valence-corrected chi connectivity index (χ0v) is 21.8. The van der Waals surface area contributed by atoms with Crippen LogP contribution in [-0.2, 0) is 12.8 Å². The van der Waals surface area contributed by atoms with Gasteiger partial charge in [0.1, 0.15) is 23.2 Å². The quantitative estimate of drug-likeness (QED) is 0.232. The first-order valence-electron chi connectivity index (χ1n) is 12.5. The van der Waals surface area contributed by atoms with Gasteiger partial charge in [-0.15, -0.1) is 0 Å². The Morgan fingerprint density at radius 1 is 1.00 bits per heavy atom. The minimum Gasteiger partial charge on any atom is -0.490 e. The molecule has 2 aromatic heterocycles. The summed E-state index contributed by atoms with van der Waals surface area (Å²) in [6.45, 7) is 3.92. The lowest BCUT2D eigenvalue weighted by atomic mass is 10.0. The highest BCUT2D eigenvalue weighted by Gasteiger charge is 2.21. The SMILES string of the molecule is CCc1nc2cc(Cl)ccn2c1C(=O)CCc1ccc(N2CCC(Oc3ccc(Cl)cc3)CC2)cc1. The van der Waals surface area contributed by atoms with E-state index in [1.807, 2.05) is 41.8 Å². The standard InChI is InChI=1S/C29H29Cl2N3O2/c1-2-26-29(34-18-13-22(31)19-28(34)32-26)27(35)12-5-20-3-8-23(9-4-20)33-16-14-25(15-17-33)36-24-10-6-21(30)7-11-24/h3-4,6-11,13,18-19,25H,2,5,12,14-17H2,1H3. The molecule has 0 atom stereocenters. The van der Waals surface area contributed by atoms with Gasteiger partial charge in [0.15, 0.2) is 5.78 Å². The maximum atomic E-state index is 13.1. The summed E-state index contributed by atoms with van der Waals surface area (Å²) in [5.74, 6) is 0.976. The van der Waals surface area contributed by atoms with Crippen LogP contribution in [0.3, 0.4) is 0 Å². The van der Waals surface area contributed by atoms with E-state index in [-0.39, 0.29) is 11.9 Å². The summed E-state index contributed by atoms with van der Waals surface area (Å²) < 4.78 is 7.98. The number of pyridine rings is 1. The summed E-state index contributed by atoms with van der Waals surface area (Å²) in [6.07, 6.45) is 5.84. The monoisotopic (exact) mass is 521 g/mol. The molecular formula is C29H29Cl2N3O2. The van der Waals surface area contributed by atoms with Gasteiger partial charge in [-0.3, -0.25) is 9.20 Å². The van der Waals surface area contributed by atoms with E-state index >= 15 is 0 Å². The summed E-state index contributed by atoms with van der Waals surface area (Å²) in [4.78, 5) is 20.1. The van der Waals surface area contributed by atoms with Gasteiger partial charge >= 0.3 is 0 Å². The van der Waals surface area contributed by atoms with Crippen LogP contribution in [0.4, 0.5) is 5.69 Å². The maximum absolute atomic E-state index is 13.1. The van der Waals surface area contributed by atoms with Gasteiger partial charge in [-0.25, -0.2) is 4.98 Å². The highest BCUT2D eigenvalue weighted by Crippen LogP contribution is 2.25. The van der Waals surface area contributed by atoms with Crippen LogP contribution in [0.15, 0.2) is 66.9 Å². The van der Waals surface area contributed by atoms with Crippen LogP contribution < -0.4 is 9.64 Å². The number of anilines is 1. The van der Waals surface area contributed by atoms with Gasteiger partial charge in [-0.05, 0) is 60.9 Å². The number of imidazole rings is 1. The smallest absolute Gasteiger partial charge is 0.181 e. The minimum absolute atomic E-state index is 0.105. The summed E-state index contributed by atoms with van der Waals surface area (Å²) in [7, 11) is 0. The Labute approximate surface area is 221 Å². The largest absolute Gasteiger partial charge is 0.490 e. The number of rotatable bonds is 8. The minimum atomic E-state index is 0.105. The normalized spacial score (nSPS) is 14.4. The van der Waals surface area contributed by atoms with Gasteiger partial charge < -0.3 is 9.64 Å². The van der Waals surface area contributed by atoms with Gasteiger partial charge in [0.05, 0.1) is 5.69 Å². The third-order valence-electron chi connectivity index (χ3n) is 6.76. The molecule has 3 heterocycles. The number of aryl methyl sites for hydroxylation is 2. The second kappa shape index (κ2) is 10.9. The number of hydrogen-bond donors (Lipinski definition) is 0. The summed E-state index contributed by atoms with van der Waals surface area (Å²) in [5.41, 5.74) is 4.57. The van der Waals surface area contributed by atoms with Crippen LogP contribution >= 0.6 is 23.2 Å². The molecule has 0 unspecified atom stereocenters. The number of piperidine rings is 1. The van der Waals surface area contributed by atoms with Gasteiger partial charge in [-0.2, -0.15) is 0 Å². The van der Waals surface area contributed by atoms with Crippen LogP contribution in [0.25, 0.3) is 5.65 Å². The predicted octanol–water partition coefficient (Wildman–Crippen LogP) is 7.07. The molecule has 0 aliphatic carbocycles. The Morgan fingerprint density at radius 3 is 2.42 bits per heavy atom. The van der Waals surface area contributed by atoms with Gasteiger partial charge in [0.2, 0.25) is 0 Å². The number of ketones is 1. The highest BCUT2D eigenvalue weighted by molar-refractivity contribution is 6.31. The van der Waals surface area contributed by atoms with Crippen molar-refractivity contribution in [2.24, 2.45) is 0 Å². The molecule has 2 aromatic carbocycles. The first-order valence-corrected chi connectivity index (χ1v) is 13.2. The number of carbonyl (C=O) groups is 1. The predicted molar refractivity (Wildman–Crippen MR) is 146 cm³/mol. The van der Waals surface area contributed by atoms with Crippen molar-refractivity contribution in [3.8, 4) is 5.75 Å². The number of Topliss-reactive ketones (excluding diaryl/α,β-unsaturated/α-hetero) is 1. The molecular weight excluding hydrogens is 493 g/mol. The van der Waals surface area contributed by atoms with Crippen molar-refractivity contribution in [2.45, 2.75) is 45.1 Å². The van der Waals surface area contributed by atoms with E-state index in [9.17, 15) is 4.79 Å². The Balaban J connectivity index is 1.16. The van der Waals surface area contributed by atoms with E-state index in [4.69, 9.17) is 27.9 Å². The third kappa shape index (κ3) is 5.53. The van der Waals surface area contributed by atoms with E-state index in [1.54, 1.807) is 12.1 Å². The molecule has 7 heteroatoms. The number of ether oxygens (including phenoxy) is 1. The summed E-state index contributed by atoms with van der Waals surface area (Å²) >= 11 is 12.1. The molecule has 1 aliphatic heterocycles. The Kier molecular flexibility index (Phi) is 7.49. The molecule has 0 radical (unpaired) electrons. The molecule has 5 nitrogen and oxygen atoms in total. The van der Waals surface area contributed by atoms with Crippen LogP contribution in [0.5, 0.6) is 5.75 Å². The van der Waals surface area contributed by atoms with Crippen LogP contribution in [0.2, 0.25) is 10.0 Å². The Hall–Kier alpha value is -3.02. The summed E-state index contributed by atoms with van der Waals surface area (Å²) in [6, 6.07) is 19.7. The van der Waals surface area contributed by atoms with E-state index < -0.39 is 0 Å². The molecule has 0 saturated carbocycles. The average molecular weight is 522 g/mol. The molecule has 1 saturated heterocycles. The molecule has 1 fully saturated rings. The van der Waals surface area contributed by atoms with E-state index in [2.05, 4.69) is 34.1 Å². The second-order valence-corrected chi connectivity index (χ2v) is 10.1. The topological polar surface area (TPSA) is 46.8 Å². The lowest BCUT2D eigenvalue weighted by molar-refractivity contribution is 0.0976. The number of fused-ring (bicyclic) bond motifs is 1. The Morgan fingerprint density at radius 2 is 1.72 bits per heavy atom. The van der Waals surface area contributed by atoms with Crippen LogP contribution in [0, 0.1) is 0 Å². The first-order chi connectivity index (χ1) is 17.5. The number of hydrogen-bond acceptors (Lipinski definition) is 4. The number of carbonyl (C=O) groups excluding carboxylic acids is 1. The van der Waals surface area contributed by atoms with Crippen molar-refractivity contribution in [1.82, 2.24) is 9.38 Å². The highest BCUT2D eigenvalue weighted by atomic mass is 35.5. The molecule has 5 rings (SSSR count). The van der Waals surface area contributed by atoms with Crippen LogP contribution in [0.1, 0.15) is 47.9 Å². The first kappa shape index (κ1) is 24.7. The molecule has 0 amide bonds.